The zero-order chi connectivity index (χ0) is 15.1. The summed E-state index contributed by atoms with van der Waals surface area (Å²) in [6.07, 6.45) is 1.24. The molecule has 2 rings (SSSR count). The molecule has 0 aromatic heterocycles. The van der Waals surface area contributed by atoms with Crippen LogP contribution in [-0.2, 0) is 16.0 Å². The highest BCUT2D eigenvalue weighted by atomic mass is 16.5. The van der Waals surface area contributed by atoms with Crippen LogP contribution in [0.5, 0.6) is 5.75 Å². The van der Waals surface area contributed by atoms with Crippen LogP contribution in [0.4, 0.5) is 0 Å². The minimum Gasteiger partial charge on any atom is -0.492 e. The van der Waals surface area contributed by atoms with Crippen LogP contribution in [0.15, 0.2) is 24.3 Å². The zero-order valence-electron chi connectivity index (χ0n) is 12.5. The molecule has 1 aliphatic heterocycles. The number of rotatable bonds is 8. The normalized spacial score (nSPS) is 18.8. The highest BCUT2D eigenvalue weighted by Crippen LogP contribution is 2.16. The predicted molar refractivity (Wildman–Crippen MR) is 79.7 cm³/mol. The van der Waals surface area contributed by atoms with Gasteiger partial charge in [-0.15, -0.1) is 0 Å². The van der Waals surface area contributed by atoms with E-state index in [2.05, 4.69) is 4.90 Å². The number of methoxy groups -OCH3 is 1. The van der Waals surface area contributed by atoms with E-state index < -0.39 is 5.97 Å². The zero-order valence-corrected chi connectivity index (χ0v) is 12.5. The summed E-state index contributed by atoms with van der Waals surface area (Å²) in [5, 5.41) is 8.71. The summed E-state index contributed by atoms with van der Waals surface area (Å²) in [4.78, 5) is 13.0. The molecule has 1 aromatic carbocycles. The molecule has 1 N–H and O–H groups in total. The Hall–Kier alpha value is -1.59. The Morgan fingerprint density at radius 3 is 2.81 bits per heavy atom. The predicted octanol–water partition coefficient (Wildman–Crippen LogP) is 1.66. The Labute approximate surface area is 125 Å². The van der Waals surface area contributed by atoms with E-state index in [4.69, 9.17) is 14.6 Å². The number of benzene rings is 1. The number of ether oxygens (including phenoxy) is 2. The van der Waals surface area contributed by atoms with Crippen LogP contribution in [0, 0.1) is 5.92 Å². The largest absolute Gasteiger partial charge is 0.492 e. The van der Waals surface area contributed by atoms with Crippen LogP contribution in [-0.4, -0.2) is 55.9 Å². The van der Waals surface area contributed by atoms with Crippen LogP contribution < -0.4 is 4.74 Å². The number of carbonyl (C=O) groups is 1. The van der Waals surface area contributed by atoms with Gasteiger partial charge in [0.25, 0.3) is 0 Å². The number of aliphatic carboxylic acids is 1. The van der Waals surface area contributed by atoms with Gasteiger partial charge in [-0.05, 0) is 36.6 Å². The first kappa shape index (κ1) is 15.8. The van der Waals surface area contributed by atoms with Crippen molar-refractivity contribution in [3.8, 4) is 5.75 Å². The van der Waals surface area contributed by atoms with Crippen LogP contribution in [0.25, 0.3) is 0 Å². The lowest BCUT2D eigenvalue weighted by molar-refractivity contribution is -0.136. The summed E-state index contributed by atoms with van der Waals surface area (Å²) in [5.41, 5.74) is 0.789. The molecule has 1 fully saturated rings. The van der Waals surface area contributed by atoms with Crippen molar-refractivity contribution in [2.24, 2.45) is 5.92 Å². The lowest BCUT2D eigenvalue weighted by Crippen LogP contribution is -2.26. The van der Waals surface area contributed by atoms with Crippen molar-refractivity contribution in [3.63, 3.8) is 0 Å². The van der Waals surface area contributed by atoms with Gasteiger partial charge in [0, 0.05) is 20.2 Å². The number of likely N-dealkylation sites (tertiary alicyclic amines) is 1. The molecule has 1 heterocycles. The summed E-state index contributed by atoms with van der Waals surface area (Å²) >= 11 is 0. The van der Waals surface area contributed by atoms with E-state index in [0.29, 0.717) is 12.5 Å². The first-order valence-corrected chi connectivity index (χ1v) is 7.32. The third kappa shape index (κ3) is 5.36. The van der Waals surface area contributed by atoms with Crippen LogP contribution in [0.2, 0.25) is 0 Å². The van der Waals surface area contributed by atoms with Crippen molar-refractivity contribution < 1.29 is 19.4 Å². The SMILES string of the molecule is COCC1CCN(CCOc2ccc(CC(=O)O)cc2)C1. The molecule has 0 spiro atoms. The fraction of sp³-hybridized carbons (Fsp3) is 0.562. The molecular formula is C16H23NO4. The van der Waals surface area contributed by atoms with E-state index in [1.807, 2.05) is 12.1 Å². The first-order chi connectivity index (χ1) is 10.2. The van der Waals surface area contributed by atoms with Gasteiger partial charge in [-0.1, -0.05) is 12.1 Å². The number of carboxylic acid groups (broad SMARTS) is 1. The van der Waals surface area contributed by atoms with Gasteiger partial charge in [0.15, 0.2) is 0 Å². The molecule has 21 heavy (non-hydrogen) atoms. The van der Waals surface area contributed by atoms with Gasteiger partial charge in [0.1, 0.15) is 12.4 Å². The van der Waals surface area contributed by atoms with E-state index in [0.717, 1.165) is 37.6 Å². The van der Waals surface area contributed by atoms with Crippen LogP contribution >= 0.6 is 0 Å². The van der Waals surface area contributed by atoms with E-state index in [-0.39, 0.29) is 6.42 Å². The first-order valence-electron chi connectivity index (χ1n) is 7.32. The molecule has 0 aliphatic carbocycles. The topological polar surface area (TPSA) is 59.0 Å². The number of hydrogen-bond acceptors (Lipinski definition) is 4. The third-order valence-corrected chi connectivity index (χ3v) is 3.73. The summed E-state index contributed by atoms with van der Waals surface area (Å²) < 4.78 is 10.9. The van der Waals surface area contributed by atoms with Gasteiger partial charge in [0.2, 0.25) is 0 Å². The van der Waals surface area contributed by atoms with Crippen molar-refractivity contribution >= 4 is 5.97 Å². The minimum absolute atomic E-state index is 0.0505. The van der Waals surface area contributed by atoms with E-state index in [1.165, 1.54) is 6.42 Å². The molecule has 1 aromatic rings. The number of nitrogens with zero attached hydrogens (tertiary/aromatic N) is 1. The fourth-order valence-corrected chi connectivity index (χ4v) is 2.66. The molecule has 1 atom stereocenters. The van der Waals surface area contributed by atoms with Crippen molar-refractivity contribution in [2.45, 2.75) is 12.8 Å². The molecule has 1 unspecified atom stereocenters. The molecule has 1 saturated heterocycles. The van der Waals surface area contributed by atoms with Gasteiger partial charge in [-0.3, -0.25) is 9.69 Å². The average Bonchev–Trinajstić information content (AvgIpc) is 2.88. The molecular weight excluding hydrogens is 270 g/mol. The molecule has 0 amide bonds. The Kier molecular flexibility index (Phi) is 6.02. The second-order valence-corrected chi connectivity index (χ2v) is 5.47. The van der Waals surface area contributed by atoms with E-state index in [1.54, 1.807) is 19.2 Å². The Morgan fingerprint density at radius 2 is 2.14 bits per heavy atom. The highest BCUT2D eigenvalue weighted by molar-refractivity contribution is 5.70. The van der Waals surface area contributed by atoms with Crippen molar-refractivity contribution in [2.75, 3.05) is 40.0 Å². The van der Waals surface area contributed by atoms with Gasteiger partial charge in [-0.2, -0.15) is 0 Å². The van der Waals surface area contributed by atoms with E-state index >= 15 is 0 Å². The Bertz CT molecular complexity index is 446. The fourth-order valence-electron chi connectivity index (χ4n) is 2.66. The quantitative estimate of drug-likeness (QED) is 0.790. The standard InChI is InChI=1S/C16H23NO4/c1-20-12-14-6-7-17(11-14)8-9-21-15-4-2-13(3-5-15)10-16(18)19/h2-5,14H,6-12H2,1H3,(H,18,19). The lowest BCUT2D eigenvalue weighted by Gasteiger charge is -2.16. The summed E-state index contributed by atoms with van der Waals surface area (Å²) in [6, 6.07) is 7.26. The molecule has 1 aliphatic rings. The Morgan fingerprint density at radius 1 is 1.38 bits per heavy atom. The van der Waals surface area contributed by atoms with Gasteiger partial charge in [0.05, 0.1) is 13.0 Å². The highest BCUT2D eigenvalue weighted by Gasteiger charge is 2.21. The van der Waals surface area contributed by atoms with Crippen molar-refractivity contribution in [1.82, 2.24) is 4.90 Å². The molecule has 116 valence electrons. The molecule has 0 saturated carbocycles. The minimum atomic E-state index is -0.816. The molecule has 5 heteroatoms. The monoisotopic (exact) mass is 293 g/mol. The van der Waals surface area contributed by atoms with E-state index in [9.17, 15) is 4.79 Å². The van der Waals surface area contributed by atoms with Crippen molar-refractivity contribution in [3.05, 3.63) is 29.8 Å². The van der Waals surface area contributed by atoms with Gasteiger partial charge >= 0.3 is 5.97 Å². The number of hydrogen-bond donors (Lipinski definition) is 1. The van der Waals surface area contributed by atoms with Crippen LogP contribution in [0.3, 0.4) is 0 Å². The van der Waals surface area contributed by atoms with Gasteiger partial charge in [-0.25, -0.2) is 0 Å². The second-order valence-electron chi connectivity index (χ2n) is 5.47. The number of carboxylic acids is 1. The molecule has 0 bridgehead atoms. The second kappa shape index (κ2) is 8.00. The summed E-state index contributed by atoms with van der Waals surface area (Å²) in [7, 11) is 1.75. The maximum absolute atomic E-state index is 10.6. The maximum atomic E-state index is 10.6. The maximum Gasteiger partial charge on any atom is 0.307 e. The smallest absolute Gasteiger partial charge is 0.307 e. The average molecular weight is 293 g/mol. The molecule has 0 radical (unpaired) electrons. The lowest BCUT2D eigenvalue weighted by atomic mass is 10.1. The summed E-state index contributed by atoms with van der Waals surface area (Å²) in [5.74, 6) is 0.616. The van der Waals surface area contributed by atoms with Crippen LogP contribution in [0.1, 0.15) is 12.0 Å². The van der Waals surface area contributed by atoms with Crippen molar-refractivity contribution in [1.29, 1.82) is 0 Å². The summed E-state index contributed by atoms with van der Waals surface area (Å²) in [6.45, 7) is 4.58. The third-order valence-electron chi connectivity index (χ3n) is 3.73. The Balaban J connectivity index is 1.68. The molecule has 5 nitrogen and oxygen atoms in total. The van der Waals surface area contributed by atoms with Gasteiger partial charge < -0.3 is 14.6 Å².